The predicted molar refractivity (Wildman–Crippen MR) is 81.2 cm³/mol. The van der Waals surface area contributed by atoms with Crippen molar-refractivity contribution in [3.8, 4) is 11.1 Å². The zero-order valence-electron chi connectivity index (χ0n) is 11.7. The summed E-state index contributed by atoms with van der Waals surface area (Å²) in [7, 11) is -3.86. The summed E-state index contributed by atoms with van der Waals surface area (Å²) >= 11 is 9.15. The Kier molecular flexibility index (Phi) is 11.5. The molecule has 0 atom stereocenters. The molecule has 0 N–H and O–H groups in total. The third-order valence-corrected chi connectivity index (χ3v) is 4.19. The van der Waals surface area contributed by atoms with E-state index < -0.39 is 10.0 Å². The Morgan fingerprint density at radius 1 is 0.857 bits per heavy atom. The van der Waals surface area contributed by atoms with Gasteiger partial charge < -0.3 is 25.3 Å². The smallest absolute Gasteiger partial charge is 0.788 e. The SMILES string of the molecule is O=S(=O)(N=C([S-])[S-])c1ccccc1-c1ccccc1.[K+].[K+]. The van der Waals surface area contributed by atoms with E-state index in [1.165, 1.54) is 6.07 Å². The largest absolute Gasteiger partial charge is 1.00 e. The van der Waals surface area contributed by atoms with Crippen LogP contribution in [0.2, 0.25) is 0 Å². The number of nitrogens with zero attached hydrogens (tertiary/aromatic N) is 1. The molecule has 0 amide bonds. The monoisotopic (exact) mass is 385 g/mol. The van der Waals surface area contributed by atoms with Gasteiger partial charge in [-0.2, -0.15) is 8.42 Å². The minimum Gasteiger partial charge on any atom is -0.788 e. The molecule has 0 fully saturated rings. The van der Waals surface area contributed by atoms with Gasteiger partial charge in [0.15, 0.2) is 0 Å². The molecule has 0 aliphatic carbocycles. The van der Waals surface area contributed by atoms with Crippen molar-refractivity contribution in [1.29, 1.82) is 0 Å². The fraction of sp³-hybridized carbons (Fsp3) is 0. The number of hydrogen-bond acceptors (Lipinski definition) is 4. The van der Waals surface area contributed by atoms with Crippen molar-refractivity contribution in [1.82, 2.24) is 0 Å². The normalized spacial score (nSPS) is 9.90. The average Bonchev–Trinajstić information content (AvgIpc) is 2.38. The number of hydrogen-bond donors (Lipinski definition) is 0. The van der Waals surface area contributed by atoms with E-state index in [1.54, 1.807) is 18.2 Å². The molecule has 3 nitrogen and oxygen atoms in total. The fourth-order valence-corrected chi connectivity index (χ4v) is 3.29. The van der Waals surface area contributed by atoms with Gasteiger partial charge in [0, 0.05) is 5.56 Å². The molecule has 0 unspecified atom stereocenters. The van der Waals surface area contributed by atoms with Crippen LogP contribution < -0.4 is 103 Å². The van der Waals surface area contributed by atoms with Crippen LogP contribution in [0.25, 0.3) is 11.1 Å². The van der Waals surface area contributed by atoms with E-state index >= 15 is 0 Å². The van der Waals surface area contributed by atoms with E-state index in [0.717, 1.165) is 5.56 Å². The number of rotatable bonds is 3. The molecule has 2 aromatic rings. The van der Waals surface area contributed by atoms with Crippen LogP contribution in [0.4, 0.5) is 0 Å². The fourth-order valence-electron chi connectivity index (χ4n) is 1.70. The van der Waals surface area contributed by atoms with E-state index in [2.05, 4.69) is 29.7 Å². The molecule has 0 aromatic heterocycles. The van der Waals surface area contributed by atoms with Gasteiger partial charge >= 0.3 is 103 Å². The van der Waals surface area contributed by atoms with Crippen LogP contribution in [0.5, 0.6) is 0 Å². The first-order valence-electron chi connectivity index (χ1n) is 5.34. The molecular formula is C13H9K2NO2S3. The van der Waals surface area contributed by atoms with Crippen molar-refractivity contribution < 1.29 is 111 Å². The Hall–Kier alpha value is 1.77. The Bertz CT molecular complexity index is 715. The van der Waals surface area contributed by atoms with Gasteiger partial charge in [0.05, 0.1) is 4.90 Å². The van der Waals surface area contributed by atoms with Crippen molar-refractivity contribution in [3.63, 3.8) is 0 Å². The molecule has 98 valence electrons. The van der Waals surface area contributed by atoms with Gasteiger partial charge in [-0.25, -0.2) is 8.77 Å². The molecule has 0 saturated carbocycles. The summed E-state index contributed by atoms with van der Waals surface area (Å²) < 4.78 is 27.3. The first-order chi connectivity index (χ1) is 9.00. The second-order valence-corrected chi connectivity index (χ2v) is 6.30. The number of benzene rings is 2. The third-order valence-electron chi connectivity index (χ3n) is 2.44. The van der Waals surface area contributed by atoms with Crippen molar-refractivity contribution in [2.75, 3.05) is 0 Å². The zero-order chi connectivity index (χ0) is 13.9. The summed E-state index contributed by atoms with van der Waals surface area (Å²) in [6.45, 7) is 0. The molecule has 0 radical (unpaired) electrons. The van der Waals surface area contributed by atoms with E-state index in [-0.39, 0.29) is 112 Å². The third kappa shape index (κ3) is 6.65. The van der Waals surface area contributed by atoms with Gasteiger partial charge in [-0.05, 0) is 11.6 Å². The average molecular weight is 386 g/mol. The Balaban J connectivity index is 0.00000200. The second-order valence-electron chi connectivity index (χ2n) is 3.69. The summed E-state index contributed by atoms with van der Waals surface area (Å²) in [6, 6.07) is 15.8. The van der Waals surface area contributed by atoms with Gasteiger partial charge in [0.25, 0.3) is 10.0 Å². The summed E-state index contributed by atoms with van der Waals surface area (Å²) in [4.78, 5) is 0.105. The molecule has 8 heteroatoms. The van der Waals surface area contributed by atoms with Gasteiger partial charge in [0.1, 0.15) is 0 Å². The van der Waals surface area contributed by atoms with E-state index in [0.29, 0.717) is 5.56 Å². The van der Waals surface area contributed by atoms with Gasteiger partial charge in [-0.1, -0.05) is 48.5 Å². The van der Waals surface area contributed by atoms with Crippen LogP contribution in [0.1, 0.15) is 0 Å². The molecule has 0 saturated heterocycles. The Morgan fingerprint density at radius 3 is 1.95 bits per heavy atom. The van der Waals surface area contributed by atoms with E-state index in [9.17, 15) is 8.42 Å². The maximum atomic E-state index is 12.1. The molecule has 2 aromatic carbocycles. The van der Waals surface area contributed by atoms with Gasteiger partial charge in [0.2, 0.25) is 0 Å². The molecule has 21 heavy (non-hydrogen) atoms. The van der Waals surface area contributed by atoms with Crippen molar-refractivity contribution in [2.45, 2.75) is 4.90 Å². The Morgan fingerprint density at radius 2 is 1.38 bits per heavy atom. The summed E-state index contributed by atoms with van der Waals surface area (Å²) in [5, 5.41) is 0. The summed E-state index contributed by atoms with van der Waals surface area (Å²) in [6.07, 6.45) is 0. The second kappa shape index (κ2) is 10.6. The maximum absolute atomic E-state index is 12.1. The zero-order valence-corrected chi connectivity index (χ0v) is 20.4. The Labute approximate surface area is 221 Å². The molecule has 0 aliphatic rings. The molecule has 0 spiro atoms. The van der Waals surface area contributed by atoms with Crippen molar-refractivity contribution in [2.24, 2.45) is 4.40 Å². The predicted octanol–water partition coefficient (Wildman–Crippen LogP) is -3.50. The molecular weight excluding hydrogens is 377 g/mol. The molecule has 0 aliphatic heterocycles. The topological polar surface area (TPSA) is 46.5 Å². The van der Waals surface area contributed by atoms with E-state index in [1.807, 2.05) is 30.3 Å². The van der Waals surface area contributed by atoms with Crippen LogP contribution in [0.15, 0.2) is 63.9 Å². The first kappa shape index (κ1) is 22.8. The minimum atomic E-state index is -3.86. The standard InChI is InChI=1S/C13H11NO2S3.2K/c15-19(16,14-13(17)18)12-9-5-4-8-11(12)10-6-2-1-3-7-10;;/h1-9H,(H2,14,17,18);;/q;2*+1/p-2. The number of sulfonamides is 1. The van der Waals surface area contributed by atoms with Crippen molar-refractivity contribution in [3.05, 3.63) is 54.6 Å². The van der Waals surface area contributed by atoms with Gasteiger partial charge in [-0.15, -0.1) is 0 Å². The van der Waals surface area contributed by atoms with Crippen LogP contribution in [0, 0.1) is 0 Å². The maximum Gasteiger partial charge on any atom is 1.00 e. The van der Waals surface area contributed by atoms with Crippen LogP contribution >= 0.6 is 0 Å². The first-order valence-corrected chi connectivity index (χ1v) is 7.60. The quantitative estimate of drug-likeness (QED) is 0.238. The van der Waals surface area contributed by atoms with Crippen LogP contribution in [-0.4, -0.2) is 12.8 Å². The minimum absolute atomic E-state index is 0. The van der Waals surface area contributed by atoms with Gasteiger partial charge in [-0.3, -0.25) is 0 Å². The molecule has 2 rings (SSSR count). The summed E-state index contributed by atoms with van der Waals surface area (Å²) in [5.74, 6) is 0. The van der Waals surface area contributed by atoms with Crippen molar-refractivity contribution >= 4 is 39.7 Å². The molecule has 0 bridgehead atoms. The molecule has 0 heterocycles. The summed E-state index contributed by atoms with van der Waals surface area (Å²) in [5.41, 5.74) is 1.38. The van der Waals surface area contributed by atoms with Crippen LogP contribution in [0.3, 0.4) is 0 Å². The van der Waals surface area contributed by atoms with E-state index in [4.69, 9.17) is 0 Å². The van der Waals surface area contributed by atoms with Crippen LogP contribution in [-0.2, 0) is 35.3 Å².